The van der Waals surface area contributed by atoms with Crippen LogP contribution in [0.1, 0.15) is 17.4 Å². The van der Waals surface area contributed by atoms with Gasteiger partial charge in [-0.25, -0.2) is 18.2 Å². The highest BCUT2D eigenvalue weighted by molar-refractivity contribution is 7.89. The number of amides is 2. The van der Waals surface area contributed by atoms with E-state index in [4.69, 9.17) is 4.74 Å². The molecule has 10 nitrogen and oxygen atoms in total. The van der Waals surface area contributed by atoms with Crippen LogP contribution in [0.3, 0.4) is 0 Å². The van der Waals surface area contributed by atoms with E-state index in [9.17, 15) is 22.8 Å². The van der Waals surface area contributed by atoms with Crippen LogP contribution >= 0.6 is 11.3 Å². The van der Waals surface area contributed by atoms with Gasteiger partial charge in [0.25, 0.3) is 5.91 Å². The summed E-state index contributed by atoms with van der Waals surface area (Å²) < 4.78 is 31.6. The molecule has 0 aliphatic carbocycles. The third-order valence-electron chi connectivity index (χ3n) is 4.30. The van der Waals surface area contributed by atoms with E-state index in [1.165, 1.54) is 33.6 Å². The van der Waals surface area contributed by atoms with Crippen LogP contribution in [0.25, 0.3) is 0 Å². The molecule has 0 atom stereocenters. The summed E-state index contributed by atoms with van der Waals surface area (Å²) in [6.45, 7) is 1.56. The summed E-state index contributed by atoms with van der Waals surface area (Å²) in [6, 6.07) is 8.11. The van der Waals surface area contributed by atoms with E-state index in [0.717, 1.165) is 11.3 Å². The largest absolute Gasteiger partial charge is 0.451 e. The summed E-state index contributed by atoms with van der Waals surface area (Å²) in [5.74, 6) is -1.51. The van der Waals surface area contributed by atoms with Gasteiger partial charge in [0.15, 0.2) is 17.4 Å². The predicted octanol–water partition coefficient (Wildman–Crippen LogP) is 0.791. The van der Waals surface area contributed by atoms with Gasteiger partial charge in [0, 0.05) is 38.5 Å². The van der Waals surface area contributed by atoms with Gasteiger partial charge in [-0.2, -0.15) is 4.31 Å². The lowest BCUT2D eigenvalue weighted by Gasteiger charge is -2.33. The first-order valence-corrected chi connectivity index (χ1v) is 11.3. The summed E-state index contributed by atoms with van der Waals surface area (Å²) in [5, 5.41) is 4.14. The van der Waals surface area contributed by atoms with Crippen LogP contribution in [-0.4, -0.2) is 73.2 Å². The molecule has 3 rings (SSSR count). The Bertz CT molecular complexity index is 1030. The molecule has 1 fully saturated rings. The number of hydrogen-bond donors (Lipinski definition) is 1. The van der Waals surface area contributed by atoms with Crippen LogP contribution in [0.5, 0.6) is 0 Å². The maximum atomic E-state index is 12.6. The van der Waals surface area contributed by atoms with Gasteiger partial charge in [-0.15, -0.1) is 11.3 Å². The van der Waals surface area contributed by atoms with Crippen molar-refractivity contribution in [3.05, 3.63) is 41.4 Å². The number of carbonyl (C=O) groups excluding carboxylic acids is 3. The molecule has 2 heterocycles. The molecule has 0 spiro atoms. The molecule has 1 aromatic carbocycles. The van der Waals surface area contributed by atoms with Gasteiger partial charge < -0.3 is 15.0 Å². The Kier molecular flexibility index (Phi) is 6.80. The van der Waals surface area contributed by atoms with Crippen molar-refractivity contribution in [2.75, 3.05) is 38.1 Å². The highest BCUT2D eigenvalue weighted by Gasteiger charge is 2.30. The number of aromatic nitrogens is 1. The van der Waals surface area contributed by atoms with E-state index in [1.54, 1.807) is 18.2 Å². The zero-order valence-electron chi connectivity index (χ0n) is 16.1. The smallest absolute Gasteiger partial charge is 0.358 e. The molecule has 0 saturated carbocycles. The minimum absolute atomic E-state index is 0.00433. The summed E-state index contributed by atoms with van der Waals surface area (Å²) in [4.78, 5) is 40.9. The lowest BCUT2D eigenvalue weighted by atomic mass is 10.3. The molecule has 1 aromatic heterocycles. The number of benzene rings is 1. The van der Waals surface area contributed by atoms with Crippen molar-refractivity contribution in [3.63, 3.8) is 0 Å². The fourth-order valence-electron chi connectivity index (χ4n) is 2.79. The highest BCUT2D eigenvalue weighted by atomic mass is 32.2. The topological polar surface area (TPSA) is 126 Å². The van der Waals surface area contributed by atoms with Crippen molar-refractivity contribution in [1.82, 2.24) is 14.2 Å². The van der Waals surface area contributed by atoms with Gasteiger partial charge in [0.05, 0.1) is 4.90 Å². The second-order valence-corrected chi connectivity index (χ2v) is 9.19. The third kappa shape index (κ3) is 5.20. The van der Waals surface area contributed by atoms with Crippen LogP contribution in [0.15, 0.2) is 40.6 Å². The average Bonchev–Trinajstić information content (AvgIpc) is 3.20. The number of rotatable bonds is 6. The van der Waals surface area contributed by atoms with Crippen LogP contribution < -0.4 is 5.32 Å². The Morgan fingerprint density at radius 1 is 1.13 bits per heavy atom. The number of sulfonamides is 1. The molecule has 1 saturated heterocycles. The van der Waals surface area contributed by atoms with Gasteiger partial charge in [-0.05, 0) is 12.1 Å². The number of thiazole rings is 1. The summed E-state index contributed by atoms with van der Waals surface area (Å²) >= 11 is 1.07. The Morgan fingerprint density at radius 2 is 1.80 bits per heavy atom. The zero-order chi connectivity index (χ0) is 21.7. The first kappa shape index (κ1) is 21.9. The molecule has 160 valence electrons. The molecule has 2 amide bonds. The van der Waals surface area contributed by atoms with Crippen LogP contribution in [0.4, 0.5) is 5.13 Å². The molecule has 12 heteroatoms. The molecular formula is C18H20N4O6S2. The Balaban J connectivity index is 1.49. The van der Waals surface area contributed by atoms with E-state index in [0.29, 0.717) is 0 Å². The van der Waals surface area contributed by atoms with Gasteiger partial charge in [0.1, 0.15) is 0 Å². The van der Waals surface area contributed by atoms with Crippen molar-refractivity contribution in [3.8, 4) is 0 Å². The molecular weight excluding hydrogens is 432 g/mol. The zero-order valence-corrected chi connectivity index (χ0v) is 17.7. The number of carbonyl (C=O) groups is 3. The molecule has 0 unspecified atom stereocenters. The summed E-state index contributed by atoms with van der Waals surface area (Å²) in [6.07, 6.45) is 0. The lowest BCUT2D eigenvalue weighted by molar-refractivity contribution is -0.135. The highest BCUT2D eigenvalue weighted by Crippen LogP contribution is 2.18. The van der Waals surface area contributed by atoms with Crippen molar-refractivity contribution < 1.29 is 27.5 Å². The van der Waals surface area contributed by atoms with E-state index in [2.05, 4.69) is 10.3 Å². The number of esters is 1. The molecule has 0 radical (unpaired) electrons. The standard InChI is InChI=1S/C18H20N4O6S2/c1-13(23)19-18-20-15(12-29-18)17(25)28-11-16(24)21-7-9-22(10-8-21)30(26,27)14-5-3-2-4-6-14/h2-6,12H,7-11H2,1H3,(H,19,20,23). The summed E-state index contributed by atoms with van der Waals surface area (Å²) in [5.41, 5.74) is -0.00433. The van der Waals surface area contributed by atoms with E-state index >= 15 is 0 Å². The van der Waals surface area contributed by atoms with Crippen LogP contribution in [0.2, 0.25) is 0 Å². The fourth-order valence-corrected chi connectivity index (χ4v) is 4.96. The third-order valence-corrected chi connectivity index (χ3v) is 6.97. The first-order valence-electron chi connectivity index (χ1n) is 9.00. The molecule has 2 aromatic rings. The quantitative estimate of drug-likeness (QED) is 0.642. The first-order chi connectivity index (χ1) is 14.3. The summed E-state index contributed by atoms with van der Waals surface area (Å²) in [7, 11) is -3.61. The second kappa shape index (κ2) is 9.32. The minimum Gasteiger partial charge on any atom is -0.451 e. The van der Waals surface area contributed by atoms with Crippen molar-refractivity contribution >= 4 is 44.3 Å². The monoisotopic (exact) mass is 452 g/mol. The number of nitrogens with one attached hydrogen (secondary N) is 1. The molecule has 1 N–H and O–H groups in total. The number of nitrogens with zero attached hydrogens (tertiary/aromatic N) is 3. The fraction of sp³-hybridized carbons (Fsp3) is 0.333. The van der Waals surface area contributed by atoms with Crippen LogP contribution in [0, 0.1) is 0 Å². The van der Waals surface area contributed by atoms with Crippen molar-refractivity contribution in [2.45, 2.75) is 11.8 Å². The molecule has 30 heavy (non-hydrogen) atoms. The van der Waals surface area contributed by atoms with Gasteiger partial charge >= 0.3 is 5.97 Å². The number of ether oxygens (including phenoxy) is 1. The predicted molar refractivity (Wildman–Crippen MR) is 108 cm³/mol. The maximum Gasteiger partial charge on any atom is 0.358 e. The van der Waals surface area contributed by atoms with Crippen LogP contribution in [-0.2, 0) is 24.3 Å². The lowest BCUT2D eigenvalue weighted by Crippen LogP contribution is -2.51. The average molecular weight is 453 g/mol. The van der Waals surface area contributed by atoms with Crippen molar-refractivity contribution in [2.24, 2.45) is 0 Å². The minimum atomic E-state index is -3.61. The van der Waals surface area contributed by atoms with E-state index in [-0.39, 0.29) is 47.8 Å². The Morgan fingerprint density at radius 3 is 2.43 bits per heavy atom. The van der Waals surface area contributed by atoms with E-state index < -0.39 is 28.5 Å². The SMILES string of the molecule is CC(=O)Nc1nc(C(=O)OCC(=O)N2CCN(S(=O)(=O)c3ccccc3)CC2)cs1. The van der Waals surface area contributed by atoms with Gasteiger partial charge in [-0.3, -0.25) is 9.59 Å². The maximum absolute atomic E-state index is 12.6. The second-order valence-electron chi connectivity index (χ2n) is 6.39. The normalized spacial score (nSPS) is 14.9. The van der Waals surface area contributed by atoms with Gasteiger partial charge in [0.2, 0.25) is 15.9 Å². The molecule has 0 bridgehead atoms. The number of piperazine rings is 1. The van der Waals surface area contributed by atoms with Gasteiger partial charge in [-0.1, -0.05) is 18.2 Å². The Hall–Kier alpha value is -2.83. The molecule has 1 aliphatic rings. The van der Waals surface area contributed by atoms with E-state index in [1.807, 2.05) is 0 Å². The number of anilines is 1. The van der Waals surface area contributed by atoms with Crippen molar-refractivity contribution in [1.29, 1.82) is 0 Å². The number of hydrogen-bond acceptors (Lipinski definition) is 8. The molecule has 1 aliphatic heterocycles. The Labute approximate surface area is 177 Å².